The summed E-state index contributed by atoms with van der Waals surface area (Å²) in [5.41, 5.74) is -4.55. The van der Waals surface area contributed by atoms with Crippen LogP contribution in [0.1, 0.15) is 51.2 Å². The van der Waals surface area contributed by atoms with Gasteiger partial charge in [-0.2, -0.15) is 26.3 Å². The Morgan fingerprint density at radius 1 is 1.02 bits per heavy atom. The van der Waals surface area contributed by atoms with Crippen LogP contribution in [0.3, 0.4) is 0 Å². The summed E-state index contributed by atoms with van der Waals surface area (Å²) in [5, 5.41) is -0.359. The van der Waals surface area contributed by atoms with Gasteiger partial charge in [-0.3, -0.25) is 14.2 Å². The molecule has 2 heterocycles. The molecule has 40 heavy (non-hydrogen) atoms. The van der Waals surface area contributed by atoms with Gasteiger partial charge in [0.2, 0.25) is 5.91 Å². The van der Waals surface area contributed by atoms with E-state index in [2.05, 4.69) is 25.8 Å². The molecule has 2 aliphatic rings. The third kappa shape index (κ3) is 5.34. The van der Waals surface area contributed by atoms with Crippen molar-refractivity contribution >= 4 is 28.6 Å². The summed E-state index contributed by atoms with van der Waals surface area (Å²) >= 11 is 0.744. The number of likely N-dealkylation sites (tertiary alicyclic amines) is 1. The molecule has 1 amide bonds. The molecular formula is C28H27F6N3O2S. The van der Waals surface area contributed by atoms with E-state index in [1.54, 1.807) is 11.0 Å². The predicted molar refractivity (Wildman–Crippen MR) is 139 cm³/mol. The molecule has 1 aliphatic carbocycles. The molecule has 5 nitrogen and oxygen atoms in total. The second-order valence-electron chi connectivity index (χ2n) is 11.8. The molecule has 0 N–H and O–H groups in total. The zero-order chi connectivity index (χ0) is 29.3. The van der Waals surface area contributed by atoms with Gasteiger partial charge >= 0.3 is 12.4 Å². The van der Waals surface area contributed by atoms with Gasteiger partial charge in [0, 0.05) is 12.6 Å². The predicted octanol–water partition coefficient (Wildman–Crippen LogP) is 6.94. The lowest BCUT2D eigenvalue weighted by Crippen LogP contribution is -2.38. The smallest absolute Gasteiger partial charge is 0.338 e. The van der Waals surface area contributed by atoms with Crippen molar-refractivity contribution in [3.05, 3.63) is 63.9 Å². The van der Waals surface area contributed by atoms with Gasteiger partial charge in [-0.25, -0.2) is 4.98 Å². The van der Waals surface area contributed by atoms with Gasteiger partial charge < -0.3 is 4.90 Å². The van der Waals surface area contributed by atoms with Gasteiger partial charge in [-0.05, 0) is 60.4 Å². The normalized spacial score (nSPS) is 22.6. The fourth-order valence-electron chi connectivity index (χ4n) is 6.52. The molecule has 5 rings (SSSR count). The third-order valence-electron chi connectivity index (χ3n) is 7.68. The summed E-state index contributed by atoms with van der Waals surface area (Å²) < 4.78 is 83.2. The molecule has 2 atom stereocenters. The van der Waals surface area contributed by atoms with Crippen LogP contribution < -0.4 is 5.56 Å². The number of thioether (sulfide) groups is 1. The monoisotopic (exact) mass is 583 g/mol. The van der Waals surface area contributed by atoms with E-state index in [0.29, 0.717) is 29.3 Å². The highest BCUT2D eigenvalue weighted by Crippen LogP contribution is 2.52. The fourth-order valence-corrected chi connectivity index (χ4v) is 7.41. The first-order valence-electron chi connectivity index (χ1n) is 12.7. The zero-order valence-corrected chi connectivity index (χ0v) is 22.8. The van der Waals surface area contributed by atoms with E-state index in [-0.39, 0.29) is 44.6 Å². The van der Waals surface area contributed by atoms with Gasteiger partial charge in [0.1, 0.15) is 0 Å². The molecule has 2 bridgehead atoms. The van der Waals surface area contributed by atoms with Crippen molar-refractivity contribution < 1.29 is 31.1 Å². The van der Waals surface area contributed by atoms with Crippen LogP contribution >= 0.6 is 11.8 Å². The summed E-state index contributed by atoms with van der Waals surface area (Å²) in [6.07, 6.45) is -7.39. The molecule has 1 aliphatic heterocycles. The van der Waals surface area contributed by atoms with Crippen LogP contribution in [0.15, 0.2) is 52.4 Å². The maximum atomic E-state index is 14.0. The van der Waals surface area contributed by atoms with Crippen molar-refractivity contribution in [3.63, 3.8) is 0 Å². The summed E-state index contributed by atoms with van der Waals surface area (Å²) in [6, 6.07) is 6.85. The number of para-hydroxylation sites is 1. The SMILES string of the molecule is CC1(C)C[C@@H]2C[C@@](C)(CN2C(=O)CSc2nc3ccccc3c(=O)n2-c2cc(C(F)(F)F)ccc2C(F)(F)F)C1. The lowest BCUT2D eigenvalue weighted by atomic mass is 9.65. The Morgan fingerprint density at radius 2 is 1.73 bits per heavy atom. The number of benzene rings is 2. The number of hydrogen-bond acceptors (Lipinski definition) is 4. The Kier molecular flexibility index (Phi) is 6.79. The molecule has 0 unspecified atom stereocenters. The molecule has 0 spiro atoms. The van der Waals surface area contributed by atoms with Gasteiger partial charge in [0.25, 0.3) is 5.56 Å². The maximum Gasteiger partial charge on any atom is 0.418 e. The number of nitrogens with zero attached hydrogens (tertiary/aromatic N) is 3. The number of carbonyl (C=O) groups is 1. The second kappa shape index (κ2) is 9.53. The van der Waals surface area contributed by atoms with Crippen LogP contribution in [0, 0.1) is 10.8 Å². The number of amides is 1. The molecule has 2 aromatic carbocycles. The number of aromatic nitrogens is 2. The van der Waals surface area contributed by atoms with Crippen molar-refractivity contribution in [1.29, 1.82) is 0 Å². The minimum Gasteiger partial charge on any atom is -0.338 e. The second-order valence-corrected chi connectivity index (χ2v) is 12.7. The topological polar surface area (TPSA) is 55.2 Å². The Balaban J connectivity index is 1.58. The third-order valence-corrected chi connectivity index (χ3v) is 8.60. The van der Waals surface area contributed by atoms with E-state index < -0.39 is 34.7 Å². The zero-order valence-electron chi connectivity index (χ0n) is 22.0. The molecular weight excluding hydrogens is 556 g/mol. The van der Waals surface area contributed by atoms with E-state index >= 15 is 0 Å². The van der Waals surface area contributed by atoms with Crippen molar-refractivity contribution in [2.45, 2.75) is 63.6 Å². The minimum absolute atomic E-state index is 0.0221. The van der Waals surface area contributed by atoms with Crippen molar-refractivity contribution in [3.8, 4) is 5.69 Å². The first kappa shape index (κ1) is 28.5. The van der Waals surface area contributed by atoms with Gasteiger partial charge in [-0.1, -0.05) is 44.7 Å². The Labute approximate surface area is 230 Å². The van der Waals surface area contributed by atoms with E-state index in [4.69, 9.17) is 0 Å². The van der Waals surface area contributed by atoms with Crippen LogP contribution in [-0.2, 0) is 17.1 Å². The molecule has 12 heteroatoms. The van der Waals surface area contributed by atoms with Crippen molar-refractivity contribution in [2.75, 3.05) is 12.3 Å². The van der Waals surface area contributed by atoms with Crippen molar-refractivity contribution in [1.82, 2.24) is 14.5 Å². The Morgan fingerprint density at radius 3 is 2.40 bits per heavy atom. The molecule has 0 radical (unpaired) electrons. The van der Waals surface area contributed by atoms with E-state index in [1.807, 2.05) is 0 Å². The quantitative estimate of drug-likeness (QED) is 0.190. The molecule has 1 saturated heterocycles. The largest absolute Gasteiger partial charge is 0.418 e. The number of alkyl halides is 6. The molecule has 2 fully saturated rings. The summed E-state index contributed by atoms with van der Waals surface area (Å²) in [5.74, 6) is -0.497. The first-order valence-corrected chi connectivity index (χ1v) is 13.7. The van der Waals surface area contributed by atoms with E-state index in [1.165, 1.54) is 18.2 Å². The number of rotatable bonds is 4. The van der Waals surface area contributed by atoms with Gasteiger partial charge in [0.05, 0.1) is 33.5 Å². The molecule has 214 valence electrons. The standard InChI is InChI=1S/C28H27F6N3O2S/c1-25(2)11-17-12-26(3,14-25)15-36(17)22(38)13-40-24-35-20-7-5-4-6-18(20)23(39)37(24)21-10-16(27(29,30)31)8-9-19(21)28(32,33)34/h4-10,17H,11-15H2,1-3H3/t17-,26-/m1/s1. The highest BCUT2D eigenvalue weighted by atomic mass is 32.2. The van der Waals surface area contributed by atoms with Gasteiger partial charge in [0.15, 0.2) is 5.16 Å². The summed E-state index contributed by atoms with van der Waals surface area (Å²) in [4.78, 5) is 33.0. The van der Waals surface area contributed by atoms with Crippen LogP contribution in [0.2, 0.25) is 0 Å². The lowest BCUT2D eigenvalue weighted by Gasteiger charge is -2.39. The van der Waals surface area contributed by atoms with Crippen LogP contribution in [0.4, 0.5) is 26.3 Å². The van der Waals surface area contributed by atoms with E-state index in [9.17, 15) is 35.9 Å². The average Bonchev–Trinajstić information content (AvgIpc) is 3.09. The number of carbonyl (C=O) groups excluding carboxylic acids is 1. The highest BCUT2D eigenvalue weighted by Gasteiger charge is 2.50. The van der Waals surface area contributed by atoms with Gasteiger partial charge in [-0.15, -0.1) is 0 Å². The number of fused-ring (bicyclic) bond motifs is 3. The average molecular weight is 584 g/mol. The Bertz CT molecular complexity index is 1550. The number of hydrogen-bond donors (Lipinski definition) is 0. The maximum absolute atomic E-state index is 14.0. The minimum atomic E-state index is -5.06. The van der Waals surface area contributed by atoms with Crippen LogP contribution in [-0.4, -0.2) is 38.7 Å². The summed E-state index contributed by atoms with van der Waals surface area (Å²) in [6.45, 7) is 7.00. The van der Waals surface area contributed by atoms with Crippen LogP contribution in [0.25, 0.3) is 16.6 Å². The summed E-state index contributed by atoms with van der Waals surface area (Å²) in [7, 11) is 0. The first-order chi connectivity index (χ1) is 18.5. The van der Waals surface area contributed by atoms with Crippen LogP contribution in [0.5, 0.6) is 0 Å². The van der Waals surface area contributed by atoms with Crippen molar-refractivity contribution in [2.24, 2.45) is 10.8 Å². The molecule has 3 aromatic rings. The molecule has 1 saturated carbocycles. The highest BCUT2D eigenvalue weighted by molar-refractivity contribution is 7.99. The lowest BCUT2D eigenvalue weighted by molar-refractivity contribution is -0.141. The Hall–Kier alpha value is -3.02. The fraction of sp³-hybridized carbons (Fsp3) is 0.464. The number of halogens is 6. The van der Waals surface area contributed by atoms with E-state index in [0.717, 1.165) is 31.0 Å². The molecule has 1 aromatic heterocycles.